The van der Waals surface area contributed by atoms with Crippen molar-refractivity contribution in [2.75, 3.05) is 13.2 Å². The van der Waals surface area contributed by atoms with Gasteiger partial charge in [-0.15, -0.1) is 0 Å². The molecule has 0 aliphatic carbocycles. The molecule has 0 heterocycles. The summed E-state index contributed by atoms with van der Waals surface area (Å²) in [6.45, 7) is 7.83. The molecule has 0 aromatic heterocycles. The van der Waals surface area contributed by atoms with E-state index in [1.807, 2.05) is 0 Å². The van der Waals surface area contributed by atoms with E-state index < -0.39 is 5.97 Å². The van der Waals surface area contributed by atoms with Crippen LogP contribution in [0.3, 0.4) is 0 Å². The fourth-order valence-electron chi connectivity index (χ4n) is 1.37. The molecule has 1 N–H and O–H groups in total. The fourth-order valence-corrected chi connectivity index (χ4v) is 1.37. The van der Waals surface area contributed by atoms with Crippen LogP contribution in [0, 0.1) is 0 Å². The molecule has 1 aromatic carbocycles. The Balaban J connectivity index is 2.91. The van der Waals surface area contributed by atoms with Gasteiger partial charge < -0.3 is 14.6 Å². The van der Waals surface area contributed by atoms with Crippen molar-refractivity contribution in [3.8, 4) is 11.5 Å². The minimum Gasteiger partial charge on any atom is -0.486 e. The summed E-state index contributed by atoms with van der Waals surface area (Å²) in [5, 5.41) is 8.74. The molecule has 0 spiro atoms. The molecular weight excluding hydrogens is 232 g/mol. The molecule has 1 aromatic rings. The first kappa shape index (κ1) is 13.8. The molecule has 18 heavy (non-hydrogen) atoms. The van der Waals surface area contributed by atoms with Crippen LogP contribution in [-0.2, 0) is 11.2 Å². The molecule has 0 aliphatic heterocycles. The summed E-state index contributed by atoms with van der Waals surface area (Å²) < 4.78 is 10.9. The zero-order valence-corrected chi connectivity index (χ0v) is 10.1. The number of aliphatic carboxylic acids is 1. The van der Waals surface area contributed by atoms with Crippen molar-refractivity contribution in [2.24, 2.45) is 0 Å². The van der Waals surface area contributed by atoms with Crippen molar-refractivity contribution in [1.29, 1.82) is 0 Å². The molecule has 96 valence electrons. The number of benzene rings is 1. The molecule has 0 bridgehead atoms. The van der Waals surface area contributed by atoms with Crippen molar-refractivity contribution in [3.63, 3.8) is 0 Å². The summed E-state index contributed by atoms with van der Waals surface area (Å²) in [6, 6.07) is 5.06. The average molecular weight is 248 g/mol. The number of carbonyl (C=O) groups is 1. The van der Waals surface area contributed by atoms with Crippen molar-refractivity contribution in [2.45, 2.75) is 6.42 Å². The van der Waals surface area contributed by atoms with Gasteiger partial charge in [-0.1, -0.05) is 31.4 Å². The highest BCUT2D eigenvalue weighted by Crippen LogP contribution is 2.28. The minimum absolute atomic E-state index is 0.0494. The lowest BCUT2D eigenvalue weighted by Crippen LogP contribution is -2.03. The number of carboxylic acids is 1. The Bertz CT molecular complexity index is 437. The van der Waals surface area contributed by atoms with Gasteiger partial charge in [0.2, 0.25) is 0 Å². The normalized spacial score (nSPS) is 9.56. The van der Waals surface area contributed by atoms with E-state index in [1.165, 1.54) is 0 Å². The maximum absolute atomic E-state index is 10.6. The number of ether oxygens (including phenoxy) is 2. The molecule has 0 fully saturated rings. The maximum atomic E-state index is 10.6. The molecule has 4 heteroatoms. The van der Waals surface area contributed by atoms with Crippen LogP contribution >= 0.6 is 0 Å². The largest absolute Gasteiger partial charge is 0.486 e. The maximum Gasteiger partial charge on any atom is 0.307 e. The van der Waals surface area contributed by atoms with E-state index in [1.54, 1.807) is 30.4 Å². The van der Waals surface area contributed by atoms with Crippen LogP contribution in [0.25, 0.3) is 0 Å². The molecule has 1 rings (SSSR count). The van der Waals surface area contributed by atoms with Crippen molar-refractivity contribution < 1.29 is 19.4 Å². The third kappa shape index (κ3) is 4.33. The SMILES string of the molecule is C=CCOc1ccc(CC(=O)O)cc1OCC=C. The molecule has 0 amide bonds. The Hall–Kier alpha value is -2.23. The molecule has 0 saturated heterocycles. The summed E-state index contributed by atoms with van der Waals surface area (Å²) in [7, 11) is 0. The Morgan fingerprint density at radius 2 is 1.78 bits per heavy atom. The van der Waals surface area contributed by atoms with Gasteiger partial charge in [0, 0.05) is 0 Å². The van der Waals surface area contributed by atoms with Gasteiger partial charge in [-0.3, -0.25) is 4.79 Å². The predicted octanol–water partition coefficient (Wildman–Crippen LogP) is 2.44. The van der Waals surface area contributed by atoms with E-state index in [4.69, 9.17) is 14.6 Å². The highest BCUT2D eigenvalue weighted by molar-refractivity contribution is 5.70. The van der Waals surface area contributed by atoms with E-state index in [9.17, 15) is 4.79 Å². The number of hydrogen-bond donors (Lipinski definition) is 1. The lowest BCUT2D eigenvalue weighted by atomic mass is 10.1. The van der Waals surface area contributed by atoms with Crippen LogP contribution in [0.4, 0.5) is 0 Å². The summed E-state index contributed by atoms with van der Waals surface area (Å²) in [6.07, 6.45) is 3.19. The van der Waals surface area contributed by atoms with Crippen LogP contribution in [0.5, 0.6) is 11.5 Å². The van der Waals surface area contributed by atoms with Gasteiger partial charge in [0.1, 0.15) is 13.2 Å². The first-order valence-corrected chi connectivity index (χ1v) is 5.49. The Morgan fingerprint density at radius 3 is 2.33 bits per heavy atom. The summed E-state index contributed by atoms with van der Waals surface area (Å²) in [4.78, 5) is 10.6. The van der Waals surface area contributed by atoms with Crippen LogP contribution in [-0.4, -0.2) is 24.3 Å². The quantitative estimate of drug-likeness (QED) is 0.718. The van der Waals surface area contributed by atoms with E-state index in [-0.39, 0.29) is 6.42 Å². The second-order valence-electron chi connectivity index (χ2n) is 3.55. The second-order valence-corrected chi connectivity index (χ2v) is 3.55. The van der Waals surface area contributed by atoms with Gasteiger partial charge in [-0.05, 0) is 17.7 Å². The van der Waals surface area contributed by atoms with Gasteiger partial charge >= 0.3 is 5.97 Å². The van der Waals surface area contributed by atoms with Crippen LogP contribution in [0.15, 0.2) is 43.5 Å². The van der Waals surface area contributed by atoms with Crippen molar-refractivity contribution >= 4 is 5.97 Å². The number of hydrogen-bond acceptors (Lipinski definition) is 3. The Morgan fingerprint density at radius 1 is 1.17 bits per heavy atom. The van der Waals surface area contributed by atoms with Gasteiger partial charge in [-0.25, -0.2) is 0 Å². The third-order valence-corrected chi connectivity index (χ3v) is 2.08. The molecule has 4 nitrogen and oxygen atoms in total. The zero-order valence-electron chi connectivity index (χ0n) is 10.1. The van der Waals surface area contributed by atoms with E-state index in [2.05, 4.69) is 13.2 Å². The minimum atomic E-state index is -0.885. The van der Waals surface area contributed by atoms with Crippen LogP contribution in [0.2, 0.25) is 0 Å². The molecule has 0 radical (unpaired) electrons. The lowest BCUT2D eigenvalue weighted by molar-refractivity contribution is -0.136. The summed E-state index contributed by atoms with van der Waals surface area (Å²) in [5.41, 5.74) is 0.660. The topological polar surface area (TPSA) is 55.8 Å². The molecule has 0 atom stereocenters. The van der Waals surface area contributed by atoms with Gasteiger partial charge in [0.25, 0.3) is 0 Å². The van der Waals surface area contributed by atoms with Gasteiger partial charge in [0.15, 0.2) is 11.5 Å². The first-order chi connectivity index (χ1) is 8.67. The summed E-state index contributed by atoms with van der Waals surface area (Å²) in [5.74, 6) is 0.186. The molecular formula is C14H16O4. The number of rotatable bonds is 8. The highest BCUT2D eigenvalue weighted by atomic mass is 16.5. The predicted molar refractivity (Wildman–Crippen MR) is 69.2 cm³/mol. The zero-order chi connectivity index (χ0) is 13.4. The monoisotopic (exact) mass is 248 g/mol. The van der Waals surface area contributed by atoms with Crippen LogP contribution in [0.1, 0.15) is 5.56 Å². The Kier molecular flexibility index (Phi) is 5.51. The van der Waals surface area contributed by atoms with Gasteiger partial charge in [0.05, 0.1) is 6.42 Å². The average Bonchev–Trinajstić information content (AvgIpc) is 2.34. The van der Waals surface area contributed by atoms with Gasteiger partial charge in [-0.2, -0.15) is 0 Å². The van der Waals surface area contributed by atoms with E-state index in [0.29, 0.717) is 30.3 Å². The van der Waals surface area contributed by atoms with Crippen molar-refractivity contribution in [3.05, 3.63) is 49.1 Å². The molecule has 0 saturated carbocycles. The summed E-state index contributed by atoms with van der Waals surface area (Å²) >= 11 is 0. The number of carboxylic acid groups (broad SMARTS) is 1. The van der Waals surface area contributed by atoms with E-state index in [0.717, 1.165) is 0 Å². The Labute approximate surface area is 106 Å². The van der Waals surface area contributed by atoms with Crippen LogP contribution < -0.4 is 9.47 Å². The highest BCUT2D eigenvalue weighted by Gasteiger charge is 2.08. The second kappa shape index (κ2) is 7.17. The fraction of sp³-hybridized carbons (Fsp3) is 0.214. The third-order valence-electron chi connectivity index (χ3n) is 2.08. The van der Waals surface area contributed by atoms with E-state index >= 15 is 0 Å². The lowest BCUT2D eigenvalue weighted by Gasteiger charge is -2.12. The van der Waals surface area contributed by atoms with Crippen molar-refractivity contribution in [1.82, 2.24) is 0 Å². The standard InChI is InChI=1S/C14H16O4/c1-3-7-17-12-6-5-11(10-14(15)16)9-13(12)18-8-4-2/h3-6,9H,1-2,7-8,10H2,(H,15,16). The first-order valence-electron chi connectivity index (χ1n) is 5.49. The molecule has 0 aliphatic rings. The smallest absolute Gasteiger partial charge is 0.307 e. The molecule has 0 unspecified atom stereocenters.